The fraction of sp³-hybridized carbons (Fsp3) is 0.481. The number of carbonyl (C=O) groups excluding carboxylic acids is 2. The van der Waals surface area contributed by atoms with Gasteiger partial charge < -0.3 is 15.5 Å². The van der Waals surface area contributed by atoms with E-state index in [0.29, 0.717) is 6.04 Å². The Morgan fingerprint density at radius 3 is 2.58 bits per heavy atom. The predicted molar refractivity (Wildman–Crippen MR) is 133 cm³/mol. The first-order valence-corrected chi connectivity index (χ1v) is 12.5. The van der Waals surface area contributed by atoms with Gasteiger partial charge in [-0.25, -0.2) is 0 Å². The number of halogens is 3. The summed E-state index contributed by atoms with van der Waals surface area (Å²) in [6, 6.07) is 13.2. The Morgan fingerprint density at radius 1 is 1.00 bits per heavy atom. The van der Waals surface area contributed by atoms with Crippen molar-refractivity contribution >= 4 is 17.5 Å². The quantitative estimate of drug-likeness (QED) is 0.627. The number of rotatable bonds is 6. The highest BCUT2D eigenvalue weighted by Crippen LogP contribution is 2.29. The van der Waals surface area contributed by atoms with Gasteiger partial charge in [0, 0.05) is 49.5 Å². The molecule has 2 N–H and O–H groups in total. The van der Waals surface area contributed by atoms with E-state index in [0.717, 1.165) is 64.0 Å². The maximum Gasteiger partial charge on any atom is 0.416 e. The summed E-state index contributed by atoms with van der Waals surface area (Å²) in [7, 11) is 0. The molecule has 194 valence electrons. The molecule has 0 saturated carbocycles. The standard InChI is InChI=1S/C27H33F3N4O2/c1-19-5-2-8-24(15-19)33-12-4-9-23(11-14-33)34-13-10-22(18-34)32-25(35)17-31-26(36)20-6-3-7-21(16-20)27(28,29)30/h2-3,5-8,15-16,22-23H,4,9-14,17-18H2,1H3,(H,31,36)(H,32,35)/t22-,23?/m1/s1. The molecule has 0 spiro atoms. The highest BCUT2D eigenvalue weighted by molar-refractivity contribution is 5.96. The number of alkyl halides is 3. The molecule has 1 unspecified atom stereocenters. The number of hydrogen-bond donors (Lipinski definition) is 2. The lowest BCUT2D eigenvalue weighted by Gasteiger charge is -2.27. The Hall–Kier alpha value is -3.07. The Morgan fingerprint density at radius 2 is 1.81 bits per heavy atom. The van der Waals surface area contributed by atoms with E-state index in [1.807, 2.05) is 0 Å². The van der Waals surface area contributed by atoms with Crippen molar-refractivity contribution in [3.8, 4) is 0 Å². The van der Waals surface area contributed by atoms with Crippen LogP contribution < -0.4 is 15.5 Å². The summed E-state index contributed by atoms with van der Waals surface area (Å²) in [6.07, 6.45) is -0.380. The topological polar surface area (TPSA) is 64.7 Å². The first-order chi connectivity index (χ1) is 17.2. The van der Waals surface area contributed by atoms with E-state index < -0.39 is 17.6 Å². The van der Waals surface area contributed by atoms with Gasteiger partial charge in [0.1, 0.15) is 0 Å². The van der Waals surface area contributed by atoms with Gasteiger partial charge in [0.2, 0.25) is 5.91 Å². The largest absolute Gasteiger partial charge is 0.416 e. The molecule has 0 aromatic heterocycles. The molecule has 2 aromatic rings. The molecule has 2 heterocycles. The van der Waals surface area contributed by atoms with Crippen molar-refractivity contribution in [2.24, 2.45) is 0 Å². The Bertz CT molecular complexity index is 1070. The lowest BCUT2D eigenvalue weighted by atomic mass is 10.1. The summed E-state index contributed by atoms with van der Waals surface area (Å²) in [6.45, 7) is 5.56. The maximum absolute atomic E-state index is 12.9. The molecule has 2 aliphatic rings. The van der Waals surface area contributed by atoms with Crippen molar-refractivity contribution in [2.45, 2.75) is 50.9 Å². The van der Waals surface area contributed by atoms with E-state index in [4.69, 9.17) is 0 Å². The summed E-state index contributed by atoms with van der Waals surface area (Å²) in [5, 5.41) is 5.38. The highest BCUT2D eigenvalue weighted by Gasteiger charge is 2.32. The minimum Gasteiger partial charge on any atom is -0.371 e. The smallest absolute Gasteiger partial charge is 0.371 e. The van der Waals surface area contributed by atoms with Gasteiger partial charge in [0.15, 0.2) is 0 Å². The summed E-state index contributed by atoms with van der Waals surface area (Å²) in [4.78, 5) is 29.5. The third kappa shape index (κ3) is 6.78. The molecule has 2 fully saturated rings. The molecule has 36 heavy (non-hydrogen) atoms. The molecule has 4 rings (SSSR count). The minimum atomic E-state index is -4.53. The number of nitrogens with one attached hydrogen (secondary N) is 2. The first kappa shape index (κ1) is 26.0. The number of anilines is 1. The number of amides is 2. The summed E-state index contributed by atoms with van der Waals surface area (Å²) >= 11 is 0. The molecule has 0 bridgehead atoms. The first-order valence-electron chi connectivity index (χ1n) is 12.5. The number of hydrogen-bond acceptors (Lipinski definition) is 4. The van der Waals surface area contributed by atoms with E-state index in [1.165, 1.54) is 23.4 Å². The van der Waals surface area contributed by atoms with E-state index in [2.05, 4.69) is 51.6 Å². The molecular formula is C27H33F3N4O2. The van der Waals surface area contributed by atoms with Gasteiger partial charge in [-0.05, 0) is 68.5 Å². The summed E-state index contributed by atoms with van der Waals surface area (Å²) < 4.78 is 38.6. The molecule has 2 aliphatic heterocycles. The average Bonchev–Trinajstić information content (AvgIpc) is 3.16. The SMILES string of the molecule is Cc1cccc(N2CCCC(N3CC[C@@H](NC(=O)CNC(=O)c4cccc(C(F)(F)F)c4)C3)CC2)c1. The minimum absolute atomic E-state index is 0.000844. The fourth-order valence-electron chi connectivity index (χ4n) is 5.14. The number of nitrogens with zero attached hydrogens (tertiary/aromatic N) is 2. The van der Waals surface area contributed by atoms with Crippen LogP contribution in [0.5, 0.6) is 0 Å². The second kappa shape index (κ2) is 11.3. The second-order valence-corrected chi connectivity index (χ2v) is 9.72. The molecule has 0 radical (unpaired) electrons. The molecule has 2 aromatic carbocycles. The van der Waals surface area contributed by atoms with Crippen LogP contribution in [0.4, 0.5) is 18.9 Å². The third-order valence-corrected chi connectivity index (χ3v) is 7.03. The van der Waals surface area contributed by atoms with Crippen LogP contribution in [0.25, 0.3) is 0 Å². The lowest BCUT2D eigenvalue weighted by Crippen LogP contribution is -2.44. The van der Waals surface area contributed by atoms with Gasteiger partial charge in [-0.1, -0.05) is 18.2 Å². The Kier molecular flexibility index (Phi) is 8.18. The van der Waals surface area contributed by atoms with Crippen LogP contribution in [-0.4, -0.2) is 61.5 Å². The van der Waals surface area contributed by atoms with Crippen molar-refractivity contribution in [1.82, 2.24) is 15.5 Å². The van der Waals surface area contributed by atoms with Crippen LogP contribution in [-0.2, 0) is 11.0 Å². The van der Waals surface area contributed by atoms with Crippen LogP contribution >= 0.6 is 0 Å². The van der Waals surface area contributed by atoms with E-state index >= 15 is 0 Å². The zero-order chi connectivity index (χ0) is 25.7. The van der Waals surface area contributed by atoms with Crippen LogP contribution in [0.1, 0.15) is 47.2 Å². The van der Waals surface area contributed by atoms with Crippen molar-refractivity contribution in [3.63, 3.8) is 0 Å². The Balaban J connectivity index is 1.22. The van der Waals surface area contributed by atoms with Crippen LogP contribution in [0.2, 0.25) is 0 Å². The predicted octanol–water partition coefficient (Wildman–Crippen LogP) is 3.99. The summed E-state index contributed by atoms with van der Waals surface area (Å²) in [5.74, 6) is -1.05. The monoisotopic (exact) mass is 502 g/mol. The molecular weight excluding hydrogens is 469 g/mol. The van der Waals surface area contributed by atoms with Crippen LogP contribution in [0, 0.1) is 6.92 Å². The van der Waals surface area contributed by atoms with Gasteiger partial charge in [0.05, 0.1) is 12.1 Å². The number of benzene rings is 2. The van der Waals surface area contributed by atoms with Crippen molar-refractivity contribution in [3.05, 3.63) is 65.2 Å². The molecule has 9 heteroatoms. The molecule has 2 amide bonds. The zero-order valence-corrected chi connectivity index (χ0v) is 20.5. The number of likely N-dealkylation sites (tertiary alicyclic amines) is 1. The van der Waals surface area contributed by atoms with Crippen LogP contribution in [0.15, 0.2) is 48.5 Å². The molecule has 6 nitrogen and oxygen atoms in total. The van der Waals surface area contributed by atoms with Gasteiger partial charge in [-0.3, -0.25) is 14.5 Å². The molecule has 0 aliphatic carbocycles. The van der Waals surface area contributed by atoms with Gasteiger partial charge in [-0.15, -0.1) is 0 Å². The van der Waals surface area contributed by atoms with E-state index in [1.54, 1.807) is 0 Å². The van der Waals surface area contributed by atoms with Crippen molar-refractivity contribution in [2.75, 3.05) is 37.6 Å². The lowest BCUT2D eigenvalue weighted by molar-refractivity contribution is -0.137. The zero-order valence-electron chi connectivity index (χ0n) is 20.5. The van der Waals surface area contributed by atoms with Gasteiger partial charge in [0.25, 0.3) is 5.91 Å². The third-order valence-electron chi connectivity index (χ3n) is 7.03. The van der Waals surface area contributed by atoms with Crippen molar-refractivity contribution < 1.29 is 22.8 Å². The Labute approximate surface area is 209 Å². The maximum atomic E-state index is 12.9. The number of aryl methyl sites for hydroxylation is 1. The average molecular weight is 503 g/mol. The highest BCUT2D eigenvalue weighted by atomic mass is 19.4. The van der Waals surface area contributed by atoms with Crippen LogP contribution in [0.3, 0.4) is 0 Å². The van der Waals surface area contributed by atoms with Gasteiger partial charge >= 0.3 is 6.18 Å². The van der Waals surface area contributed by atoms with Gasteiger partial charge in [-0.2, -0.15) is 13.2 Å². The van der Waals surface area contributed by atoms with E-state index in [9.17, 15) is 22.8 Å². The molecule has 2 atom stereocenters. The summed E-state index contributed by atoms with van der Waals surface area (Å²) in [5.41, 5.74) is 1.51. The second-order valence-electron chi connectivity index (χ2n) is 9.72. The number of carbonyl (C=O) groups is 2. The fourth-order valence-corrected chi connectivity index (χ4v) is 5.14. The normalized spacial score (nSPS) is 21.2. The van der Waals surface area contributed by atoms with Crippen molar-refractivity contribution in [1.29, 1.82) is 0 Å². The molecule has 2 saturated heterocycles. The van der Waals surface area contributed by atoms with E-state index in [-0.39, 0.29) is 24.1 Å².